The van der Waals surface area contributed by atoms with Crippen LogP contribution in [0.1, 0.15) is 54.9 Å². The third-order valence-corrected chi connectivity index (χ3v) is 7.48. The highest BCUT2D eigenvalue weighted by Crippen LogP contribution is 2.25. The van der Waals surface area contributed by atoms with E-state index in [9.17, 15) is 13.2 Å². The second-order valence-corrected chi connectivity index (χ2v) is 9.32. The molecule has 6 nitrogen and oxygen atoms in total. The molecule has 0 N–H and O–H groups in total. The monoisotopic (exact) mass is 394 g/mol. The van der Waals surface area contributed by atoms with Crippen molar-refractivity contribution in [3.05, 3.63) is 29.3 Å². The van der Waals surface area contributed by atoms with Crippen molar-refractivity contribution in [2.24, 2.45) is 0 Å². The van der Waals surface area contributed by atoms with E-state index in [4.69, 9.17) is 4.74 Å². The lowest BCUT2D eigenvalue weighted by atomic mass is 10.1. The largest absolute Gasteiger partial charge is 0.377 e. The lowest BCUT2D eigenvalue weighted by molar-refractivity contribution is 0.00723. The van der Waals surface area contributed by atoms with Crippen molar-refractivity contribution in [1.82, 2.24) is 9.21 Å². The highest BCUT2D eigenvalue weighted by atomic mass is 32.2. The lowest BCUT2D eigenvalue weighted by Gasteiger charge is -2.32. The maximum absolute atomic E-state index is 13.1. The zero-order chi connectivity index (χ0) is 19.4. The van der Waals surface area contributed by atoms with Crippen LogP contribution >= 0.6 is 0 Å². The third-order valence-electron chi connectivity index (χ3n) is 5.44. The Labute approximate surface area is 162 Å². The molecule has 7 heteroatoms. The number of carbonyl (C=O) groups excluding carboxylic acids is 1. The number of piperidine rings is 2. The van der Waals surface area contributed by atoms with Crippen LogP contribution in [0, 0.1) is 6.92 Å². The van der Waals surface area contributed by atoms with Crippen LogP contribution in [0.25, 0.3) is 0 Å². The van der Waals surface area contributed by atoms with Gasteiger partial charge in [0.2, 0.25) is 10.0 Å². The molecular formula is C20H30N2O4S. The average Bonchev–Trinajstić information content (AvgIpc) is 2.69. The molecule has 27 heavy (non-hydrogen) atoms. The average molecular weight is 395 g/mol. The van der Waals surface area contributed by atoms with E-state index in [0.717, 1.165) is 32.1 Å². The SMILES string of the molecule is CCOC1CCCN(C(=O)c2ccc(C)c(S(=O)(=O)N3CCCCC3)c2)C1. The van der Waals surface area contributed by atoms with Crippen molar-refractivity contribution in [2.45, 2.75) is 57.0 Å². The minimum atomic E-state index is -3.56. The van der Waals surface area contributed by atoms with Crippen molar-refractivity contribution in [2.75, 3.05) is 32.8 Å². The first-order valence-electron chi connectivity index (χ1n) is 9.95. The Morgan fingerprint density at radius 2 is 1.89 bits per heavy atom. The molecule has 1 unspecified atom stereocenters. The zero-order valence-corrected chi connectivity index (χ0v) is 17.1. The maximum atomic E-state index is 13.1. The normalized spacial score (nSPS) is 22.0. The number of rotatable bonds is 5. The first kappa shape index (κ1) is 20.3. The van der Waals surface area contributed by atoms with Crippen LogP contribution in [0.15, 0.2) is 23.1 Å². The summed E-state index contributed by atoms with van der Waals surface area (Å²) in [5.74, 6) is -0.116. The second kappa shape index (κ2) is 8.71. The van der Waals surface area contributed by atoms with E-state index in [1.807, 2.05) is 6.92 Å². The minimum Gasteiger partial charge on any atom is -0.377 e. The van der Waals surface area contributed by atoms with Crippen LogP contribution in [0.2, 0.25) is 0 Å². The van der Waals surface area contributed by atoms with Crippen LogP contribution < -0.4 is 0 Å². The Kier molecular flexibility index (Phi) is 6.55. The third kappa shape index (κ3) is 4.52. The first-order chi connectivity index (χ1) is 12.9. The molecule has 0 spiro atoms. The summed E-state index contributed by atoms with van der Waals surface area (Å²) in [5.41, 5.74) is 1.12. The van der Waals surface area contributed by atoms with Crippen LogP contribution in [-0.2, 0) is 14.8 Å². The van der Waals surface area contributed by atoms with Gasteiger partial charge in [0, 0.05) is 38.3 Å². The number of sulfonamides is 1. The summed E-state index contributed by atoms with van der Waals surface area (Å²) in [6.45, 7) is 6.74. The number of likely N-dealkylation sites (tertiary alicyclic amines) is 1. The molecule has 1 atom stereocenters. The smallest absolute Gasteiger partial charge is 0.253 e. The van der Waals surface area contributed by atoms with Crippen molar-refractivity contribution in [1.29, 1.82) is 0 Å². The summed E-state index contributed by atoms with van der Waals surface area (Å²) in [6.07, 6.45) is 4.78. The Morgan fingerprint density at radius 1 is 1.15 bits per heavy atom. The number of benzene rings is 1. The Bertz CT molecular complexity index is 770. The van der Waals surface area contributed by atoms with Crippen LogP contribution in [0.3, 0.4) is 0 Å². The van der Waals surface area contributed by atoms with Crippen LogP contribution in [-0.4, -0.2) is 62.4 Å². The summed E-state index contributed by atoms with van der Waals surface area (Å²) in [4.78, 5) is 15.0. The zero-order valence-electron chi connectivity index (χ0n) is 16.3. The van der Waals surface area contributed by atoms with Gasteiger partial charge in [-0.15, -0.1) is 0 Å². The van der Waals surface area contributed by atoms with E-state index in [0.29, 0.717) is 43.9 Å². The molecule has 2 aliphatic heterocycles. The molecule has 1 aromatic rings. The molecule has 2 heterocycles. The molecule has 2 aliphatic rings. The molecule has 2 saturated heterocycles. The summed E-state index contributed by atoms with van der Waals surface area (Å²) >= 11 is 0. The molecule has 3 rings (SSSR count). The van der Waals surface area contributed by atoms with E-state index in [1.165, 1.54) is 0 Å². The topological polar surface area (TPSA) is 66.9 Å². The predicted octanol–water partition coefficient (Wildman–Crippen LogP) is 2.81. The van der Waals surface area contributed by atoms with Gasteiger partial charge >= 0.3 is 0 Å². The summed E-state index contributed by atoms with van der Waals surface area (Å²) in [5, 5.41) is 0. The summed E-state index contributed by atoms with van der Waals surface area (Å²) < 4.78 is 33.4. The van der Waals surface area contributed by atoms with E-state index in [-0.39, 0.29) is 16.9 Å². The quantitative estimate of drug-likeness (QED) is 0.770. The maximum Gasteiger partial charge on any atom is 0.253 e. The van der Waals surface area contributed by atoms with E-state index in [1.54, 1.807) is 34.3 Å². The summed E-state index contributed by atoms with van der Waals surface area (Å²) in [7, 11) is -3.56. The number of amides is 1. The van der Waals surface area contributed by atoms with Gasteiger partial charge in [0.05, 0.1) is 11.0 Å². The number of hydrogen-bond acceptors (Lipinski definition) is 4. The van der Waals surface area contributed by atoms with E-state index in [2.05, 4.69) is 0 Å². The van der Waals surface area contributed by atoms with Crippen molar-refractivity contribution >= 4 is 15.9 Å². The number of carbonyl (C=O) groups is 1. The summed E-state index contributed by atoms with van der Waals surface area (Å²) in [6, 6.07) is 5.04. The molecule has 1 amide bonds. The van der Waals surface area contributed by atoms with E-state index < -0.39 is 10.0 Å². The predicted molar refractivity (Wildman–Crippen MR) is 104 cm³/mol. The molecule has 2 fully saturated rings. The molecular weight excluding hydrogens is 364 g/mol. The van der Waals surface area contributed by atoms with Crippen molar-refractivity contribution in [3.63, 3.8) is 0 Å². The molecule has 0 aliphatic carbocycles. The number of nitrogens with zero attached hydrogens (tertiary/aromatic N) is 2. The van der Waals surface area contributed by atoms with Gasteiger partial charge in [-0.1, -0.05) is 12.5 Å². The molecule has 0 saturated carbocycles. The number of ether oxygens (including phenoxy) is 1. The van der Waals surface area contributed by atoms with Gasteiger partial charge < -0.3 is 9.64 Å². The van der Waals surface area contributed by atoms with Gasteiger partial charge in [0.15, 0.2) is 0 Å². The fourth-order valence-electron chi connectivity index (χ4n) is 3.93. The van der Waals surface area contributed by atoms with Gasteiger partial charge in [0.25, 0.3) is 5.91 Å². The van der Waals surface area contributed by atoms with Crippen LogP contribution in [0.4, 0.5) is 0 Å². The Balaban J connectivity index is 1.83. The molecule has 150 valence electrons. The first-order valence-corrected chi connectivity index (χ1v) is 11.4. The van der Waals surface area contributed by atoms with Gasteiger partial charge in [-0.25, -0.2) is 8.42 Å². The Hall–Kier alpha value is -1.44. The molecule has 0 radical (unpaired) electrons. The fraction of sp³-hybridized carbons (Fsp3) is 0.650. The highest BCUT2D eigenvalue weighted by Gasteiger charge is 2.30. The standard InChI is InChI=1S/C20H30N2O4S/c1-3-26-18-8-7-11-21(15-18)20(23)17-10-9-16(2)19(14-17)27(24,25)22-12-5-4-6-13-22/h9-10,14,18H,3-8,11-13,15H2,1-2H3. The van der Waals surface area contributed by atoms with E-state index >= 15 is 0 Å². The molecule has 0 aromatic heterocycles. The van der Waals surface area contributed by atoms with Crippen molar-refractivity contribution < 1.29 is 17.9 Å². The second-order valence-electron chi connectivity index (χ2n) is 7.42. The highest BCUT2D eigenvalue weighted by molar-refractivity contribution is 7.89. The van der Waals surface area contributed by atoms with Gasteiger partial charge in [-0.3, -0.25) is 4.79 Å². The lowest BCUT2D eigenvalue weighted by Crippen LogP contribution is -2.43. The van der Waals surface area contributed by atoms with Gasteiger partial charge in [-0.05, 0) is 57.2 Å². The minimum absolute atomic E-state index is 0.0645. The van der Waals surface area contributed by atoms with Crippen LogP contribution in [0.5, 0.6) is 0 Å². The fourth-order valence-corrected chi connectivity index (χ4v) is 5.70. The molecule has 0 bridgehead atoms. The van der Waals surface area contributed by atoms with Crippen molar-refractivity contribution in [3.8, 4) is 0 Å². The van der Waals surface area contributed by atoms with Gasteiger partial charge in [0.1, 0.15) is 0 Å². The number of hydrogen-bond donors (Lipinski definition) is 0. The molecule has 1 aromatic carbocycles. The van der Waals surface area contributed by atoms with Gasteiger partial charge in [-0.2, -0.15) is 4.31 Å². The number of aryl methyl sites for hydroxylation is 1. The Morgan fingerprint density at radius 3 is 2.59 bits per heavy atom.